The fraction of sp³-hybridized carbons (Fsp3) is 1.00. The minimum Gasteiger partial charge on any atom is -0.271 e. The van der Waals surface area contributed by atoms with Gasteiger partial charge in [0.25, 0.3) is 0 Å². The Kier molecular flexibility index (Phi) is 4.72. The molecule has 2 nitrogen and oxygen atoms in total. The van der Waals surface area contributed by atoms with Crippen LogP contribution in [0.15, 0.2) is 0 Å². The zero-order valence-corrected chi connectivity index (χ0v) is 6.65. The third-order valence-corrected chi connectivity index (χ3v) is 1.46. The van der Waals surface area contributed by atoms with Gasteiger partial charge in [0, 0.05) is 6.04 Å². The van der Waals surface area contributed by atoms with E-state index in [0.717, 1.165) is 5.92 Å². The molecule has 0 heterocycles. The summed E-state index contributed by atoms with van der Waals surface area (Å²) in [5, 5.41) is 0. The van der Waals surface area contributed by atoms with Crippen molar-refractivity contribution in [3.63, 3.8) is 0 Å². The SMILES string of the molecule is CC(C)CC[C@H](C)NN. The molecule has 0 fully saturated rings. The van der Waals surface area contributed by atoms with Crippen LogP contribution >= 0.6 is 0 Å². The van der Waals surface area contributed by atoms with E-state index < -0.39 is 0 Å². The van der Waals surface area contributed by atoms with Gasteiger partial charge < -0.3 is 0 Å². The molecule has 0 bridgehead atoms. The van der Waals surface area contributed by atoms with Gasteiger partial charge in [0.2, 0.25) is 0 Å². The maximum absolute atomic E-state index is 5.21. The van der Waals surface area contributed by atoms with E-state index in [1.54, 1.807) is 0 Å². The number of hydrogen-bond acceptors (Lipinski definition) is 2. The standard InChI is InChI=1S/C7H18N2/c1-6(2)4-5-7(3)9-8/h6-7,9H,4-5,8H2,1-3H3/t7-/m0/s1. The number of nitrogens with two attached hydrogens (primary N) is 1. The maximum Gasteiger partial charge on any atom is 0.0182 e. The zero-order chi connectivity index (χ0) is 7.28. The summed E-state index contributed by atoms with van der Waals surface area (Å²) in [6.07, 6.45) is 2.43. The van der Waals surface area contributed by atoms with Gasteiger partial charge in [-0.1, -0.05) is 13.8 Å². The van der Waals surface area contributed by atoms with Crippen LogP contribution in [0.25, 0.3) is 0 Å². The summed E-state index contributed by atoms with van der Waals surface area (Å²) in [5.74, 6) is 6.00. The summed E-state index contributed by atoms with van der Waals surface area (Å²) in [6, 6.07) is 0.465. The predicted octanol–water partition coefficient (Wildman–Crippen LogP) is 1.27. The van der Waals surface area contributed by atoms with Crippen molar-refractivity contribution in [1.29, 1.82) is 0 Å². The van der Waals surface area contributed by atoms with E-state index in [0.29, 0.717) is 6.04 Å². The highest BCUT2D eigenvalue weighted by molar-refractivity contribution is 4.56. The highest BCUT2D eigenvalue weighted by Crippen LogP contribution is 2.05. The van der Waals surface area contributed by atoms with E-state index in [1.807, 2.05) is 0 Å². The molecule has 2 heteroatoms. The number of hydrogen-bond donors (Lipinski definition) is 2. The normalized spacial score (nSPS) is 14.3. The van der Waals surface area contributed by atoms with Crippen LogP contribution in [0.2, 0.25) is 0 Å². The van der Waals surface area contributed by atoms with Crippen molar-refractivity contribution in [3.05, 3.63) is 0 Å². The Bertz CT molecular complexity index is 61.9. The van der Waals surface area contributed by atoms with E-state index in [9.17, 15) is 0 Å². The average molecular weight is 130 g/mol. The first-order chi connectivity index (χ1) is 4.16. The minimum absolute atomic E-state index is 0.465. The molecule has 0 spiro atoms. The van der Waals surface area contributed by atoms with Gasteiger partial charge in [-0.25, -0.2) is 0 Å². The molecular weight excluding hydrogens is 112 g/mol. The lowest BCUT2D eigenvalue weighted by Crippen LogP contribution is -2.32. The maximum atomic E-state index is 5.21. The van der Waals surface area contributed by atoms with Gasteiger partial charge in [0.05, 0.1) is 0 Å². The lowest BCUT2D eigenvalue weighted by atomic mass is 10.1. The minimum atomic E-state index is 0.465. The van der Waals surface area contributed by atoms with Gasteiger partial charge in [-0.3, -0.25) is 11.3 Å². The smallest absolute Gasteiger partial charge is 0.0182 e. The van der Waals surface area contributed by atoms with Crippen LogP contribution in [0.1, 0.15) is 33.6 Å². The number of rotatable bonds is 4. The second-order valence-electron chi connectivity index (χ2n) is 3.04. The van der Waals surface area contributed by atoms with Crippen molar-refractivity contribution in [2.45, 2.75) is 39.7 Å². The van der Waals surface area contributed by atoms with Gasteiger partial charge in [0.1, 0.15) is 0 Å². The van der Waals surface area contributed by atoms with Crippen molar-refractivity contribution in [3.8, 4) is 0 Å². The van der Waals surface area contributed by atoms with Crippen molar-refractivity contribution < 1.29 is 0 Å². The molecule has 0 radical (unpaired) electrons. The van der Waals surface area contributed by atoms with Crippen LogP contribution in [0.5, 0.6) is 0 Å². The highest BCUT2D eigenvalue weighted by Gasteiger charge is 1.99. The fourth-order valence-electron chi connectivity index (χ4n) is 0.667. The van der Waals surface area contributed by atoms with E-state index in [1.165, 1.54) is 12.8 Å². The zero-order valence-electron chi connectivity index (χ0n) is 6.65. The quantitative estimate of drug-likeness (QED) is 0.444. The summed E-state index contributed by atoms with van der Waals surface area (Å²) in [5.41, 5.74) is 2.72. The van der Waals surface area contributed by atoms with Crippen LogP contribution in [-0.4, -0.2) is 6.04 Å². The average Bonchev–Trinajstić information content (AvgIpc) is 1.83. The van der Waals surface area contributed by atoms with Gasteiger partial charge in [-0.15, -0.1) is 0 Å². The predicted molar refractivity (Wildman–Crippen MR) is 40.9 cm³/mol. The molecule has 3 N–H and O–H groups in total. The summed E-state index contributed by atoms with van der Waals surface area (Å²) >= 11 is 0. The Morgan fingerprint density at radius 2 is 1.78 bits per heavy atom. The lowest BCUT2D eigenvalue weighted by Gasteiger charge is -2.10. The number of hydrazine groups is 1. The van der Waals surface area contributed by atoms with E-state index in [2.05, 4.69) is 26.2 Å². The molecular formula is C7H18N2. The first-order valence-corrected chi connectivity index (χ1v) is 3.63. The summed E-state index contributed by atoms with van der Waals surface area (Å²) in [7, 11) is 0. The molecule has 0 aromatic rings. The van der Waals surface area contributed by atoms with Crippen LogP contribution in [0.3, 0.4) is 0 Å². The van der Waals surface area contributed by atoms with Crippen molar-refractivity contribution in [2.24, 2.45) is 11.8 Å². The van der Waals surface area contributed by atoms with E-state index in [4.69, 9.17) is 5.84 Å². The first kappa shape index (κ1) is 8.92. The first-order valence-electron chi connectivity index (χ1n) is 3.63. The Hall–Kier alpha value is -0.0800. The molecule has 0 saturated heterocycles. The molecule has 0 rings (SSSR count). The van der Waals surface area contributed by atoms with Crippen LogP contribution in [-0.2, 0) is 0 Å². The second kappa shape index (κ2) is 4.77. The van der Waals surface area contributed by atoms with Gasteiger partial charge in [0.15, 0.2) is 0 Å². The molecule has 0 aromatic heterocycles. The lowest BCUT2D eigenvalue weighted by molar-refractivity contribution is 0.459. The van der Waals surface area contributed by atoms with Gasteiger partial charge in [-0.05, 0) is 25.7 Å². The molecule has 1 atom stereocenters. The molecule has 9 heavy (non-hydrogen) atoms. The van der Waals surface area contributed by atoms with Crippen molar-refractivity contribution in [2.75, 3.05) is 0 Å². The second-order valence-corrected chi connectivity index (χ2v) is 3.04. The number of nitrogens with one attached hydrogen (secondary N) is 1. The summed E-state index contributed by atoms with van der Waals surface area (Å²) in [4.78, 5) is 0. The molecule has 0 aliphatic rings. The molecule has 0 aromatic carbocycles. The van der Waals surface area contributed by atoms with Gasteiger partial charge >= 0.3 is 0 Å². The largest absolute Gasteiger partial charge is 0.271 e. The van der Waals surface area contributed by atoms with E-state index in [-0.39, 0.29) is 0 Å². The Morgan fingerprint density at radius 1 is 1.22 bits per heavy atom. The van der Waals surface area contributed by atoms with Crippen molar-refractivity contribution >= 4 is 0 Å². The monoisotopic (exact) mass is 130 g/mol. The Morgan fingerprint density at radius 3 is 2.11 bits per heavy atom. The molecule has 0 aliphatic carbocycles. The summed E-state index contributed by atoms with van der Waals surface area (Å²) < 4.78 is 0. The third kappa shape index (κ3) is 5.80. The van der Waals surface area contributed by atoms with Crippen LogP contribution < -0.4 is 11.3 Å². The molecule has 0 aliphatic heterocycles. The Balaban J connectivity index is 3.06. The molecule has 0 saturated carbocycles. The highest BCUT2D eigenvalue weighted by atomic mass is 15.2. The van der Waals surface area contributed by atoms with Crippen molar-refractivity contribution in [1.82, 2.24) is 5.43 Å². The van der Waals surface area contributed by atoms with Crippen LogP contribution in [0.4, 0.5) is 0 Å². The molecule has 56 valence electrons. The Labute approximate surface area is 57.8 Å². The van der Waals surface area contributed by atoms with E-state index >= 15 is 0 Å². The molecule has 0 amide bonds. The topological polar surface area (TPSA) is 38.0 Å². The summed E-state index contributed by atoms with van der Waals surface area (Å²) in [6.45, 7) is 6.55. The third-order valence-electron chi connectivity index (χ3n) is 1.46. The van der Waals surface area contributed by atoms with Crippen LogP contribution in [0, 0.1) is 5.92 Å². The van der Waals surface area contributed by atoms with Gasteiger partial charge in [-0.2, -0.15) is 0 Å². The molecule has 0 unspecified atom stereocenters. The fourth-order valence-corrected chi connectivity index (χ4v) is 0.667.